The number of aromatic nitrogens is 1. The van der Waals surface area contributed by atoms with Gasteiger partial charge in [-0.3, -0.25) is 4.99 Å². The maximum Gasteiger partial charge on any atom is 0.191 e. The van der Waals surface area contributed by atoms with E-state index < -0.39 is 0 Å². The van der Waals surface area contributed by atoms with E-state index in [0.29, 0.717) is 5.92 Å². The molecule has 26 heavy (non-hydrogen) atoms. The summed E-state index contributed by atoms with van der Waals surface area (Å²) in [6.07, 6.45) is 4.44. The van der Waals surface area contributed by atoms with Crippen molar-refractivity contribution in [2.75, 3.05) is 31.6 Å². The maximum atomic E-state index is 4.51. The molecule has 1 aliphatic rings. The van der Waals surface area contributed by atoms with Gasteiger partial charge in [0, 0.05) is 50.2 Å². The first-order valence-corrected chi connectivity index (χ1v) is 9.82. The van der Waals surface area contributed by atoms with E-state index in [2.05, 4.69) is 62.1 Å². The Balaban J connectivity index is 0.00000243. The summed E-state index contributed by atoms with van der Waals surface area (Å²) in [6, 6.07) is 8.53. The van der Waals surface area contributed by atoms with Gasteiger partial charge in [0.1, 0.15) is 5.82 Å². The Kier molecular flexibility index (Phi) is 8.64. The van der Waals surface area contributed by atoms with E-state index in [1.807, 2.05) is 13.2 Å². The van der Waals surface area contributed by atoms with Gasteiger partial charge >= 0.3 is 0 Å². The molecule has 1 fully saturated rings. The van der Waals surface area contributed by atoms with Crippen LogP contribution in [0.25, 0.3) is 0 Å². The van der Waals surface area contributed by atoms with Crippen molar-refractivity contribution in [2.45, 2.75) is 32.2 Å². The van der Waals surface area contributed by atoms with Crippen LogP contribution < -0.4 is 15.5 Å². The Hall–Kier alpha value is -1.35. The fourth-order valence-corrected chi connectivity index (χ4v) is 3.81. The highest BCUT2D eigenvalue weighted by Gasteiger charge is 2.13. The van der Waals surface area contributed by atoms with Crippen LogP contribution in [0.1, 0.15) is 36.1 Å². The number of hydrogen-bond acceptors (Lipinski definition) is 4. The average Bonchev–Trinajstić information content (AvgIpc) is 3.35. The van der Waals surface area contributed by atoms with E-state index in [1.54, 1.807) is 11.3 Å². The van der Waals surface area contributed by atoms with Crippen molar-refractivity contribution in [1.29, 1.82) is 0 Å². The molecule has 1 unspecified atom stereocenters. The molecule has 0 bridgehead atoms. The highest BCUT2D eigenvalue weighted by atomic mass is 127. The third-order valence-electron chi connectivity index (χ3n) is 4.53. The summed E-state index contributed by atoms with van der Waals surface area (Å²) >= 11 is 1.80. The Morgan fingerprint density at radius 1 is 1.31 bits per heavy atom. The van der Waals surface area contributed by atoms with Gasteiger partial charge in [-0.05, 0) is 42.0 Å². The number of guanidine groups is 1. The smallest absolute Gasteiger partial charge is 0.191 e. The highest BCUT2D eigenvalue weighted by Crippen LogP contribution is 2.20. The molecule has 2 aromatic heterocycles. The minimum Gasteiger partial charge on any atom is -0.357 e. The van der Waals surface area contributed by atoms with Gasteiger partial charge in [0.25, 0.3) is 0 Å². The molecule has 2 aromatic rings. The molecular formula is C19H28IN5S. The van der Waals surface area contributed by atoms with Crippen LogP contribution in [0.4, 0.5) is 5.82 Å². The number of anilines is 1. The van der Waals surface area contributed by atoms with E-state index in [4.69, 9.17) is 0 Å². The minimum atomic E-state index is 0. The summed E-state index contributed by atoms with van der Waals surface area (Å²) in [5.41, 5.74) is 1.23. The van der Waals surface area contributed by atoms with E-state index in [1.165, 1.54) is 23.3 Å². The summed E-state index contributed by atoms with van der Waals surface area (Å²) in [7, 11) is 1.81. The van der Waals surface area contributed by atoms with Crippen LogP contribution in [-0.4, -0.2) is 37.6 Å². The van der Waals surface area contributed by atoms with Gasteiger partial charge < -0.3 is 15.5 Å². The largest absolute Gasteiger partial charge is 0.357 e. The Morgan fingerprint density at radius 3 is 2.81 bits per heavy atom. The van der Waals surface area contributed by atoms with Crippen molar-refractivity contribution in [2.24, 2.45) is 4.99 Å². The van der Waals surface area contributed by atoms with Crippen LogP contribution >= 0.6 is 35.3 Å². The highest BCUT2D eigenvalue weighted by molar-refractivity contribution is 14.0. The Bertz CT molecular complexity index is 683. The van der Waals surface area contributed by atoms with Crippen molar-refractivity contribution in [3.63, 3.8) is 0 Å². The van der Waals surface area contributed by atoms with E-state index >= 15 is 0 Å². The molecule has 7 heteroatoms. The Morgan fingerprint density at radius 2 is 2.12 bits per heavy atom. The summed E-state index contributed by atoms with van der Waals surface area (Å²) in [5.74, 6) is 2.40. The van der Waals surface area contributed by atoms with Gasteiger partial charge in [0.15, 0.2) is 5.96 Å². The number of thiophene rings is 1. The van der Waals surface area contributed by atoms with Gasteiger partial charge in [0.2, 0.25) is 0 Å². The zero-order valence-corrected chi connectivity index (χ0v) is 18.6. The van der Waals surface area contributed by atoms with Crippen LogP contribution in [0.15, 0.2) is 40.8 Å². The molecule has 1 aliphatic heterocycles. The molecular weight excluding hydrogens is 457 g/mol. The van der Waals surface area contributed by atoms with Crippen molar-refractivity contribution >= 4 is 47.1 Å². The van der Waals surface area contributed by atoms with Gasteiger partial charge in [-0.1, -0.05) is 13.0 Å². The normalized spacial score (nSPS) is 15.5. The summed E-state index contributed by atoms with van der Waals surface area (Å²) < 4.78 is 0. The summed E-state index contributed by atoms with van der Waals surface area (Å²) in [4.78, 5) is 12.6. The number of halogens is 1. The maximum absolute atomic E-state index is 4.51. The van der Waals surface area contributed by atoms with Crippen LogP contribution in [0.2, 0.25) is 0 Å². The lowest BCUT2D eigenvalue weighted by Gasteiger charge is -2.18. The SMILES string of the molecule is CN=C(NCc1ccnc(N2CCCC2)c1)NCC(C)c1cccs1.I. The molecule has 3 heterocycles. The molecule has 0 spiro atoms. The van der Waals surface area contributed by atoms with Crippen molar-refractivity contribution < 1.29 is 0 Å². The molecule has 0 radical (unpaired) electrons. The first-order valence-electron chi connectivity index (χ1n) is 8.94. The fraction of sp³-hybridized carbons (Fsp3) is 0.474. The zero-order valence-electron chi connectivity index (χ0n) is 15.4. The number of nitrogens with zero attached hydrogens (tertiary/aromatic N) is 3. The first-order chi connectivity index (χ1) is 12.3. The molecule has 0 saturated carbocycles. The number of nitrogens with one attached hydrogen (secondary N) is 2. The van der Waals surface area contributed by atoms with Crippen LogP contribution in [0, 0.1) is 0 Å². The standard InChI is InChI=1S/C19H27N5S.HI/c1-15(17-6-5-11-25-17)13-22-19(20-2)23-14-16-7-8-21-18(12-16)24-9-3-4-10-24;/h5-8,11-12,15H,3-4,9-10,13-14H2,1-2H3,(H2,20,22,23);1H. The predicted octanol–water partition coefficient (Wildman–Crippen LogP) is 3.83. The first kappa shape index (κ1) is 21.0. The van der Waals surface area contributed by atoms with E-state index in [0.717, 1.165) is 38.0 Å². The van der Waals surface area contributed by atoms with Crippen LogP contribution in [-0.2, 0) is 6.54 Å². The molecule has 0 aromatic carbocycles. The minimum absolute atomic E-state index is 0. The second-order valence-electron chi connectivity index (χ2n) is 6.44. The number of rotatable bonds is 6. The number of hydrogen-bond donors (Lipinski definition) is 2. The monoisotopic (exact) mass is 485 g/mol. The zero-order chi connectivity index (χ0) is 17.5. The van der Waals surface area contributed by atoms with E-state index in [-0.39, 0.29) is 24.0 Å². The fourth-order valence-electron chi connectivity index (χ4n) is 3.02. The summed E-state index contributed by atoms with van der Waals surface area (Å²) in [5, 5.41) is 8.94. The molecule has 1 atom stereocenters. The molecule has 1 saturated heterocycles. The van der Waals surface area contributed by atoms with Gasteiger partial charge in [-0.15, -0.1) is 35.3 Å². The average molecular weight is 485 g/mol. The lowest BCUT2D eigenvalue weighted by atomic mass is 10.1. The molecule has 142 valence electrons. The molecule has 0 amide bonds. The Labute approximate surface area is 177 Å². The third-order valence-corrected chi connectivity index (χ3v) is 5.63. The molecule has 2 N–H and O–H groups in total. The van der Waals surface area contributed by atoms with E-state index in [9.17, 15) is 0 Å². The second-order valence-corrected chi connectivity index (χ2v) is 7.42. The van der Waals surface area contributed by atoms with Crippen molar-refractivity contribution in [1.82, 2.24) is 15.6 Å². The number of pyridine rings is 1. The van der Waals surface area contributed by atoms with Crippen molar-refractivity contribution in [3.05, 3.63) is 46.3 Å². The van der Waals surface area contributed by atoms with Crippen molar-refractivity contribution in [3.8, 4) is 0 Å². The molecule has 3 rings (SSSR count). The third kappa shape index (κ3) is 5.84. The van der Waals surface area contributed by atoms with Gasteiger partial charge in [0.05, 0.1) is 0 Å². The van der Waals surface area contributed by atoms with Crippen LogP contribution in [0.3, 0.4) is 0 Å². The van der Waals surface area contributed by atoms with Gasteiger partial charge in [-0.25, -0.2) is 4.98 Å². The summed E-state index contributed by atoms with van der Waals surface area (Å²) in [6.45, 7) is 6.09. The predicted molar refractivity (Wildman–Crippen MR) is 122 cm³/mol. The molecule has 5 nitrogen and oxygen atoms in total. The van der Waals surface area contributed by atoms with Crippen LogP contribution in [0.5, 0.6) is 0 Å². The quantitative estimate of drug-likeness (QED) is 0.371. The van der Waals surface area contributed by atoms with Gasteiger partial charge in [-0.2, -0.15) is 0 Å². The lowest BCUT2D eigenvalue weighted by Crippen LogP contribution is -2.38. The number of aliphatic imine (C=N–C) groups is 1. The molecule has 0 aliphatic carbocycles. The topological polar surface area (TPSA) is 52.6 Å². The lowest BCUT2D eigenvalue weighted by molar-refractivity contribution is 0.708. The second kappa shape index (κ2) is 10.7.